The van der Waals surface area contributed by atoms with Crippen LogP contribution in [-0.4, -0.2) is 12.6 Å². The molecule has 2 N–H and O–H groups in total. The highest BCUT2D eigenvalue weighted by Crippen LogP contribution is 2.25. The van der Waals surface area contributed by atoms with E-state index in [1.54, 1.807) is 25.1 Å². The van der Waals surface area contributed by atoms with Gasteiger partial charge in [0.05, 0.1) is 12.3 Å². The van der Waals surface area contributed by atoms with Crippen LogP contribution in [0.1, 0.15) is 12.7 Å². The average molecular weight is 275 g/mol. The first-order valence-corrected chi connectivity index (χ1v) is 6.10. The van der Waals surface area contributed by atoms with Crippen LogP contribution in [0, 0.1) is 5.82 Å². The largest absolute Gasteiger partial charge is 0.463 e. The minimum Gasteiger partial charge on any atom is -0.463 e. The molecule has 0 radical (unpaired) electrons. The Balaban J connectivity index is 2.16. The molecule has 1 aromatic carbocycles. The maximum atomic E-state index is 13.1. The first-order valence-electron chi connectivity index (χ1n) is 6.10. The van der Waals surface area contributed by atoms with E-state index in [-0.39, 0.29) is 5.69 Å². The van der Waals surface area contributed by atoms with Gasteiger partial charge in [0.25, 0.3) is 0 Å². The van der Waals surface area contributed by atoms with E-state index in [1.807, 2.05) is 0 Å². The van der Waals surface area contributed by atoms with Crippen molar-refractivity contribution in [1.82, 2.24) is 0 Å². The van der Waals surface area contributed by atoms with E-state index >= 15 is 0 Å². The number of hydrogen-bond donors (Lipinski definition) is 1. The lowest BCUT2D eigenvalue weighted by Crippen LogP contribution is -1.98. The first kappa shape index (κ1) is 13.9. The highest BCUT2D eigenvalue weighted by molar-refractivity contribution is 5.86. The van der Waals surface area contributed by atoms with Gasteiger partial charge in [0.1, 0.15) is 17.3 Å². The van der Waals surface area contributed by atoms with Crippen LogP contribution in [0.25, 0.3) is 17.4 Å². The zero-order valence-corrected chi connectivity index (χ0v) is 10.9. The second-order valence-electron chi connectivity index (χ2n) is 4.02. The van der Waals surface area contributed by atoms with Gasteiger partial charge in [-0.05, 0) is 43.3 Å². The molecule has 0 aliphatic heterocycles. The number of furan rings is 1. The molecule has 0 bridgehead atoms. The number of ether oxygens (including phenoxy) is 1. The fourth-order valence-corrected chi connectivity index (χ4v) is 1.64. The topological polar surface area (TPSA) is 65.5 Å². The molecule has 0 atom stereocenters. The normalized spacial score (nSPS) is 10.9. The molecule has 20 heavy (non-hydrogen) atoms. The Kier molecular flexibility index (Phi) is 4.20. The summed E-state index contributed by atoms with van der Waals surface area (Å²) in [5.41, 5.74) is 6.23. The zero-order valence-electron chi connectivity index (χ0n) is 10.9. The monoisotopic (exact) mass is 275 g/mol. The third-order valence-corrected chi connectivity index (χ3v) is 2.58. The molecular formula is C15H14FNO3. The van der Waals surface area contributed by atoms with Gasteiger partial charge >= 0.3 is 5.97 Å². The number of carbonyl (C=O) groups is 1. The van der Waals surface area contributed by atoms with Crippen molar-refractivity contribution in [3.8, 4) is 11.3 Å². The second-order valence-corrected chi connectivity index (χ2v) is 4.02. The average Bonchev–Trinajstić information content (AvgIpc) is 2.89. The lowest BCUT2D eigenvalue weighted by molar-refractivity contribution is -0.137. The van der Waals surface area contributed by atoms with Crippen molar-refractivity contribution in [3.05, 3.63) is 48.0 Å². The number of rotatable bonds is 4. The summed E-state index contributed by atoms with van der Waals surface area (Å²) in [7, 11) is 0. The van der Waals surface area contributed by atoms with Crippen LogP contribution < -0.4 is 5.73 Å². The summed E-state index contributed by atoms with van der Waals surface area (Å²) in [5, 5.41) is 0. The van der Waals surface area contributed by atoms with Crippen molar-refractivity contribution >= 4 is 17.7 Å². The van der Waals surface area contributed by atoms with Gasteiger partial charge in [-0.2, -0.15) is 0 Å². The van der Waals surface area contributed by atoms with Gasteiger partial charge in [-0.1, -0.05) is 0 Å². The van der Waals surface area contributed by atoms with Crippen molar-refractivity contribution in [2.75, 3.05) is 12.3 Å². The van der Waals surface area contributed by atoms with E-state index in [2.05, 4.69) is 0 Å². The summed E-state index contributed by atoms with van der Waals surface area (Å²) in [6.45, 7) is 2.05. The summed E-state index contributed by atoms with van der Waals surface area (Å²) in [6, 6.07) is 7.76. The van der Waals surface area contributed by atoms with Gasteiger partial charge < -0.3 is 14.9 Å². The number of nitrogens with two attached hydrogens (primary N) is 1. The Morgan fingerprint density at radius 3 is 2.90 bits per heavy atom. The van der Waals surface area contributed by atoms with Crippen LogP contribution in [0.2, 0.25) is 0 Å². The lowest BCUT2D eigenvalue weighted by atomic mass is 10.1. The molecule has 2 rings (SSSR count). The van der Waals surface area contributed by atoms with Crippen LogP contribution in [0.5, 0.6) is 0 Å². The van der Waals surface area contributed by atoms with Gasteiger partial charge in [-0.3, -0.25) is 0 Å². The van der Waals surface area contributed by atoms with Gasteiger partial charge in [0.2, 0.25) is 0 Å². The van der Waals surface area contributed by atoms with Crippen molar-refractivity contribution in [2.45, 2.75) is 6.92 Å². The molecule has 104 valence electrons. The van der Waals surface area contributed by atoms with E-state index in [1.165, 1.54) is 24.3 Å². The molecule has 2 aromatic rings. The van der Waals surface area contributed by atoms with Gasteiger partial charge in [-0.25, -0.2) is 9.18 Å². The van der Waals surface area contributed by atoms with Crippen LogP contribution in [0.15, 0.2) is 40.8 Å². The quantitative estimate of drug-likeness (QED) is 0.528. The number of hydrogen-bond acceptors (Lipinski definition) is 4. The molecule has 1 heterocycles. The van der Waals surface area contributed by atoms with Crippen molar-refractivity contribution in [1.29, 1.82) is 0 Å². The maximum absolute atomic E-state index is 13.1. The molecule has 5 heteroatoms. The Labute approximate surface area is 115 Å². The fraction of sp³-hybridized carbons (Fsp3) is 0.133. The van der Waals surface area contributed by atoms with Crippen molar-refractivity contribution in [3.63, 3.8) is 0 Å². The standard InChI is InChI=1S/C15H14FNO3/c1-2-19-15(18)8-5-11-4-7-14(20-11)10-3-6-12(16)13(17)9-10/h3-9H,2,17H2,1H3/b8-5+. The zero-order chi connectivity index (χ0) is 14.5. The summed E-state index contributed by atoms with van der Waals surface area (Å²) >= 11 is 0. The SMILES string of the molecule is CCOC(=O)/C=C/c1ccc(-c2ccc(F)c(N)c2)o1. The summed E-state index contributed by atoms with van der Waals surface area (Å²) < 4.78 is 23.4. The second kappa shape index (κ2) is 6.06. The molecule has 0 saturated carbocycles. The highest BCUT2D eigenvalue weighted by atomic mass is 19.1. The summed E-state index contributed by atoms with van der Waals surface area (Å²) in [6.07, 6.45) is 2.79. The van der Waals surface area contributed by atoms with Crippen LogP contribution in [0.3, 0.4) is 0 Å². The molecule has 0 spiro atoms. The van der Waals surface area contributed by atoms with E-state index in [4.69, 9.17) is 14.9 Å². The van der Waals surface area contributed by atoms with E-state index in [9.17, 15) is 9.18 Å². The number of halogens is 1. The summed E-state index contributed by atoms with van der Waals surface area (Å²) in [5.74, 6) is 0.135. The van der Waals surface area contributed by atoms with Crippen molar-refractivity contribution < 1.29 is 18.3 Å². The van der Waals surface area contributed by atoms with Crippen molar-refractivity contribution in [2.24, 2.45) is 0 Å². The number of carbonyl (C=O) groups excluding carboxylic acids is 1. The number of benzene rings is 1. The van der Waals surface area contributed by atoms with E-state index in [0.29, 0.717) is 23.7 Å². The maximum Gasteiger partial charge on any atom is 0.330 e. The minimum atomic E-state index is -0.470. The Hall–Kier alpha value is -2.56. The predicted molar refractivity (Wildman–Crippen MR) is 74.2 cm³/mol. The third kappa shape index (κ3) is 3.26. The molecule has 0 fully saturated rings. The molecule has 0 aliphatic rings. The van der Waals surface area contributed by atoms with Gasteiger partial charge in [0.15, 0.2) is 0 Å². The van der Waals surface area contributed by atoms with Gasteiger partial charge in [-0.15, -0.1) is 0 Å². The van der Waals surface area contributed by atoms with Crippen LogP contribution in [0.4, 0.5) is 10.1 Å². The molecule has 0 aliphatic carbocycles. The highest BCUT2D eigenvalue weighted by Gasteiger charge is 2.06. The molecule has 0 amide bonds. The molecule has 4 nitrogen and oxygen atoms in total. The molecule has 1 aromatic heterocycles. The fourth-order valence-electron chi connectivity index (χ4n) is 1.64. The molecular weight excluding hydrogens is 261 g/mol. The lowest BCUT2D eigenvalue weighted by Gasteiger charge is -2.00. The Morgan fingerprint density at radius 1 is 1.40 bits per heavy atom. The number of anilines is 1. The van der Waals surface area contributed by atoms with Crippen LogP contribution >= 0.6 is 0 Å². The van der Waals surface area contributed by atoms with Gasteiger partial charge in [0, 0.05) is 11.6 Å². The minimum absolute atomic E-state index is 0.0579. The Bertz CT molecular complexity index is 646. The predicted octanol–water partition coefficient (Wildman–Crippen LogP) is 3.24. The van der Waals surface area contributed by atoms with E-state index in [0.717, 1.165) is 0 Å². The third-order valence-electron chi connectivity index (χ3n) is 2.58. The number of nitrogen functional groups attached to an aromatic ring is 1. The van der Waals surface area contributed by atoms with Crippen LogP contribution in [-0.2, 0) is 9.53 Å². The first-order chi connectivity index (χ1) is 9.60. The number of esters is 1. The molecule has 0 saturated heterocycles. The molecule has 0 unspecified atom stereocenters. The smallest absolute Gasteiger partial charge is 0.330 e. The van der Waals surface area contributed by atoms with E-state index < -0.39 is 11.8 Å². The Morgan fingerprint density at radius 2 is 2.20 bits per heavy atom. The summed E-state index contributed by atoms with van der Waals surface area (Å²) in [4.78, 5) is 11.2.